The van der Waals surface area contributed by atoms with E-state index in [9.17, 15) is 9.59 Å². The topological polar surface area (TPSA) is 52.7 Å². The number of benzene rings is 2. The molecule has 0 aliphatic carbocycles. The molecule has 0 saturated carbocycles. The zero-order valence-electron chi connectivity index (χ0n) is 16.0. The molecule has 4 rings (SSSR count). The Kier molecular flexibility index (Phi) is 5.52. The van der Waals surface area contributed by atoms with Crippen LogP contribution >= 0.6 is 23.2 Å². The van der Waals surface area contributed by atoms with Crippen LogP contribution in [0.3, 0.4) is 0 Å². The van der Waals surface area contributed by atoms with Crippen molar-refractivity contribution in [2.24, 2.45) is 0 Å². The molecule has 150 valence electrons. The molecule has 0 atom stereocenters. The lowest BCUT2D eigenvalue weighted by Crippen LogP contribution is -2.32. The van der Waals surface area contributed by atoms with E-state index in [1.165, 1.54) is 17.7 Å². The Labute approximate surface area is 179 Å². The predicted molar refractivity (Wildman–Crippen MR) is 117 cm³/mol. The molecule has 0 bridgehead atoms. The summed E-state index contributed by atoms with van der Waals surface area (Å²) in [6.07, 6.45) is 2.42. The highest BCUT2D eigenvalue weighted by Gasteiger charge is 2.39. The lowest BCUT2D eigenvalue weighted by molar-refractivity contribution is -0.136. The van der Waals surface area contributed by atoms with Gasteiger partial charge in [-0.3, -0.25) is 14.5 Å². The second kappa shape index (κ2) is 8.09. The standard InChI is InChI=1S/C22H21Cl2N3O2/c1-2-27-21(28)19(17-10-5-14(23)13-18(17)24)20(22(27)29)25-15-6-8-16(9-7-15)26-11-3-4-12-26/h5-10,13,25H,2-4,11-12H2,1H3. The Morgan fingerprint density at radius 3 is 2.28 bits per heavy atom. The second-order valence-electron chi connectivity index (χ2n) is 7.09. The average Bonchev–Trinajstić information content (AvgIpc) is 3.31. The largest absolute Gasteiger partial charge is 0.372 e. The zero-order chi connectivity index (χ0) is 20.5. The van der Waals surface area contributed by atoms with E-state index in [1.54, 1.807) is 25.1 Å². The molecular weight excluding hydrogens is 409 g/mol. The monoisotopic (exact) mass is 429 g/mol. The first kappa shape index (κ1) is 19.8. The van der Waals surface area contributed by atoms with Crippen molar-refractivity contribution >= 4 is 52.0 Å². The van der Waals surface area contributed by atoms with Crippen LogP contribution in [-0.4, -0.2) is 36.3 Å². The Bertz CT molecular complexity index is 996. The number of hydrogen-bond acceptors (Lipinski definition) is 4. The maximum absolute atomic E-state index is 12.9. The van der Waals surface area contributed by atoms with Crippen LogP contribution in [0.25, 0.3) is 5.57 Å². The van der Waals surface area contributed by atoms with Gasteiger partial charge in [0, 0.05) is 41.6 Å². The number of carbonyl (C=O) groups excluding carboxylic acids is 2. The Morgan fingerprint density at radius 1 is 0.966 bits per heavy atom. The van der Waals surface area contributed by atoms with Crippen molar-refractivity contribution in [2.75, 3.05) is 29.9 Å². The summed E-state index contributed by atoms with van der Waals surface area (Å²) in [6, 6.07) is 12.8. The summed E-state index contributed by atoms with van der Waals surface area (Å²) in [6.45, 7) is 4.18. The minimum absolute atomic E-state index is 0.231. The molecule has 7 heteroatoms. The molecule has 2 aromatic carbocycles. The summed E-state index contributed by atoms with van der Waals surface area (Å²) in [7, 11) is 0. The van der Waals surface area contributed by atoms with Crippen LogP contribution < -0.4 is 10.2 Å². The number of nitrogens with zero attached hydrogens (tertiary/aromatic N) is 2. The summed E-state index contributed by atoms with van der Waals surface area (Å²) < 4.78 is 0. The van der Waals surface area contributed by atoms with E-state index in [2.05, 4.69) is 10.2 Å². The maximum atomic E-state index is 12.9. The van der Waals surface area contributed by atoms with Crippen LogP contribution in [0.2, 0.25) is 10.0 Å². The lowest BCUT2D eigenvalue weighted by Gasteiger charge is -2.18. The van der Waals surface area contributed by atoms with Crippen molar-refractivity contribution in [1.29, 1.82) is 0 Å². The minimum atomic E-state index is -0.363. The van der Waals surface area contributed by atoms with Crippen molar-refractivity contribution in [3.05, 3.63) is 63.8 Å². The van der Waals surface area contributed by atoms with Gasteiger partial charge in [0.05, 0.1) is 10.6 Å². The summed E-state index contributed by atoms with van der Waals surface area (Å²) in [5.74, 6) is -0.722. The predicted octanol–water partition coefficient (Wildman–Crippen LogP) is 4.81. The summed E-state index contributed by atoms with van der Waals surface area (Å²) in [5, 5.41) is 3.95. The third-order valence-electron chi connectivity index (χ3n) is 5.29. The van der Waals surface area contributed by atoms with Crippen molar-refractivity contribution in [1.82, 2.24) is 4.90 Å². The quantitative estimate of drug-likeness (QED) is 0.693. The van der Waals surface area contributed by atoms with Gasteiger partial charge in [-0.1, -0.05) is 29.3 Å². The van der Waals surface area contributed by atoms with Gasteiger partial charge in [0.15, 0.2) is 0 Å². The average molecular weight is 430 g/mol. The number of nitrogens with one attached hydrogen (secondary N) is 1. The van der Waals surface area contributed by atoms with E-state index in [-0.39, 0.29) is 29.6 Å². The number of imide groups is 1. The number of halogens is 2. The lowest BCUT2D eigenvalue weighted by atomic mass is 10.0. The highest BCUT2D eigenvalue weighted by atomic mass is 35.5. The van der Waals surface area contributed by atoms with Gasteiger partial charge in [0.25, 0.3) is 11.8 Å². The maximum Gasteiger partial charge on any atom is 0.278 e. The van der Waals surface area contributed by atoms with Gasteiger partial charge >= 0.3 is 0 Å². The molecule has 2 heterocycles. The molecular formula is C22H21Cl2N3O2. The highest BCUT2D eigenvalue weighted by molar-refractivity contribution is 6.41. The van der Waals surface area contributed by atoms with Crippen LogP contribution in [0.5, 0.6) is 0 Å². The van der Waals surface area contributed by atoms with Crippen molar-refractivity contribution in [3.63, 3.8) is 0 Å². The first-order chi connectivity index (χ1) is 14.0. The van der Waals surface area contributed by atoms with E-state index >= 15 is 0 Å². The van der Waals surface area contributed by atoms with Crippen molar-refractivity contribution in [3.8, 4) is 0 Å². The molecule has 0 radical (unpaired) electrons. The normalized spacial score (nSPS) is 16.9. The fourth-order valence-electron chi connectivity index (χ4n) is 3.80. The molecule has 29 heavy (non-hydrogen) atoms. The minimum Gasteiger partial charge on any atom is -0.372 e. The molecule has 2 aromatic rings. The number of anilines is 2. The fourth-order valence-corrected chi connectivity index (χ4v) is 4.30. The van der Waals surface area contributed by atoms with Gasteiger partial charge in [0.2, 0.25) is 0 Å². The van der Waals surface area contributed by atoms with Crippen molar-refractivity contribution in [2.45, 2.75) is 19.8 Å². The summed E-state index contributed by atoms with van der Waals surface area (Å²) in [5.41, 5.74) is 2.88. The van der Waals surface area contributed by atoms with Gasteiger partial charge in [0.1, 0.15) is 5.70 Å². The molecule has 0 unspecified atom stereocenters. The third kappa shape index (κ3) is 3.72. The van der Waals surface area contributed by atoms with Crippen LogP contribution in [0.15, 0.2) is 48.2 Å². The zero-order valence-corrected chi connectivity index (χ0v) is 17.6. The number of carbonyl (C=O) groups is 2. The summed E-state index contributed by atoms with van der Waals surface area (Å²) in [4.78, 5) is 29.4. The molecule has 2 aliphatic rings. The first-order valence-corrected chi connectivity index (χ1v) is 10.4. The van der Waals surface area contributed by atoms with E-state index in [0.717, 1.165) is 24.5 Å². The third-order valence-corrected chi connectivity index (χ3v) is 5.84. The molecule has 2 aliphatic heterocycles. The van der Waals surface area contributed by atoms with Gasteiger partial charge in [-0.2, -0.15) is 0 Å². The number of likely N-dealkylation sites (N-methyl/N-ethyl adjacent to an activating group) is 1. The molecule has 0 aromatic heterocycles. The molecule has 5 nitrogen and oxygen atoms in total. The SMILES string of the molecule is CCN1C(=O)C(Nc2ccc(N3CCCC3)cc2)=C(c2ccc(Cl)cc2Cl)C1=O. The van der Waals surface area contributed by atoms with Crippen LogP contribution in [-0.2, 0) is 9.59 Å². The van der Waals surface area contributed by atoms with E-state index in [0.29, 0.717) is 15.6 Å². The van der Waals surface area contributed by atoms with E-state index in [1.807, 2.05) is 24.3 Å². The highest BCUT2D eigenvalue weighted by Crippen LogP contribution is 2.35. The molecule has 1 N–H and O–H groups in total. The Hall–Kier alpha value is -2.50. The van der Waals surface area contributed by atoms with E-state index in [4.69, 9.17) is 23.2 Å². The molecule has 1 saturated heterocycles. The summed E-state index contributed by atoms with van der Waals surface area (Å²) >= 11 is 12.3. The van der Waals surface area contributed by atoms with Crippen LogP contribution in [0.4, 0.5) is 11.4 Å². The van der Waals surface area contributed by atoms with Crippen LogP contribution in [0, 0.1) is 0 Å². The first-order valence-electron chi connectivity index (χ1n) is 9.67. The fraction of sp³-hybridized carbons (Fsp3) is 0.273. The van der Waals surface area contributed by atoms with Gasteiger partial charge in [-0.05, 0) is 56.2 Å². The Morgan fingerprint density at radius 2 is 1.66 bits per heavy atom. The smallest absolute Gasteiger partial charge is 0.278 e. The molecule has 1 fully saturated rings. The molecule has 0 spiro atoms. The van der Waals surface area contributed by atoms with E-state index < -0.39 is 0 Å². The van der Waals surface area contributed by atoms with Gasteiger partial charge < -0.3 is 10.2 Å². The number of rotatable bonds is 5. The van der Waals surface area contributed by atoms with Crippen LogP contribution in [0.1, 0.15) is 25.3 Å². The molecule has 2 amide bonds. The Balaban J connectivity index is 1.70. The van der Waals surface area contributed by atoms with Gasteiger partial charge in [-0.25, -0.2) is 0 Å². The number of amides is 2. The van der Waals surface area contributed by atoms with Gasteiger partial charge in [-0.15, -0.1) is 0 Å². The number of hydrogen-bond donors (Lipinski definition) is 1. The second-order valence-corrected chi connectivity index (χ2v) is 7.94. The van der Waals surface area contributed by atoms with Crippen molar-refractivity contribution < 1.29 is 9.59 Å².